The monoisotopic (exact) mass is 333 g/mol. The van der Waals surface area contributed by atoms with E-state index in [0.717, 1.165) is 5.56 Å². The first-order valence-electron chi connectivity index (χ1n) is 7.32. The van der Waals surface area contributed by atoms with Crippen LogP contribution in [-0.4, -0.2) is 43.5 Å². The first-order chi connectivity index (χ1) is 10.1. The maximum Gasteiger partial charge on any atom is 0.316 e. The van der Waals surface area contributed by atoms with E-state index in [1.807, 2.05) is 30.3 Å². The minimum absolute atomic E-state index is 0. The Morgan fingerprint density at radius 1 is 1.27 bits per heavy atom. The van der Waals surface area contributed by atoms with E-state index < -0.39 is 11.8 Å². The molecule has 1 aliphatic rings. The molecule has 6 heteroatoms. The van der Waals surface area contributed by atoms with E-state index in [1.165, 1.54) is 0 Å². The summed E-state index contributed by atoms with van der Waals surface area (Å²) in [4.78, 5) is 14.2. The molecule has 124 valence electrons. The number of carbonyl (C=O) groups is 1. The zero-order valence-electron chi connectivity index (χ0n) is 12.6. The van der Waals surface area contributed by atoms with E-state index in [0.29, 0.717) is 32.5 Å². The predicted molar refractivity (Wildman–Crippen MR) is 83.7 cm³/mol. The average Bonchev–Trinajstić information content (AvgIpc) is 2.49. The lowest BCUT2D eigenvalue weighted by Gasteiger charge is -2.40. The van der Waals surface area contributed by atoms with Crippen molar-refractivity contribution in [3.05, 3.63) is 35.9 Å². The van der Waals surface area contributed by atoms with Gasteiger partial charge in [0.25, 0.3) is 6.43 Å². The highest BCUT2D eigenvalue weighted by molar-refractivity contribution is 5.85. The molecule has 0 spiro atoms. The van der Waals surface area contributed by atoms with Crippen molar-refractivity contribution in [1.29, 1.82) is 0 Å². The summed E-state index contributed by atoms with van der Waals surface area (Å²) in [6.45, 7) is 2.85. The number of hydrogen-bond donors (Lipinski definition) is 0. The number of benzene rings is 1. The molecule has 3 nitrogen and oxygen atoms in total. The topological polar surface area (TPSA) is 29.5 Å². The summed E-state index contributed by atoms with van der Waals surface area (Å²) < 4.78 is 30.2. The predicted octanol–water partition coefficient (Wildman–Crippen LogP) is 3.27. The quantitative estimate of drug-likeness (QED) is 0.775. The van der Waals surface area contributed by atoms with Gasteiger partial charge in [-0.1, -0.05) is 30.3 Å². The van der Waals surface area contributed by atoms with Gasteiger partial charge in [0.05, 0.1) is 18.6 Å². The van der Waals surface area contributed by atoms with Gasteiger partial charge in [0.2, 0.25) is 0 Å². The molecular formula is C16H22ClF2NO2. The lowest BCUT2D eigenvalue weighted by atomic mass is 9.72. The van der Waals surface area contributed by atoms with Crippen LogP contribution in [-0.2, 0) is 14.9 Å². The van der Waals surface area contributed by atoms with Crippen molar-refractivity contribution < 1.29 is 18.3 Å². The Labute approximate surface area is 136 Å². The highest BCUT2D eigenvalue weighted by Crippen LogP contribution is 2.37. The number of likely N-dealkylation sites (tertiary alicyclic amines) is 1. The molecule has 1 fully saturated rings. The summed E-state index contributed by atoms with van der Waals surface area (Å²) in [6.07, 6.45) is -1.30. The zero-order valence-corrected chi connectivity index (χ0v) is 13.5. The Morgan fingerprint density at radius 3 is 2.36 bits per heavy atom. The Bertz CT molecular complexity index is 462. The summed E-state index contributed by atoms with van der Waals surface area (Å²) >= 11 is 0. The van der Waals surface area contributed by atoms with E-state index in [4.69, 9.17) is 4.74 Å². The SMILES string of the molecule is CCOC(=O)C1(c2ccccc2)CCN(CC(F)F)CC1.Cl. The van der Waals surface area contributed by atoms with Crippen LogP contribution in [0.5, 0.6) is 0 Å². The number of ether oxygens (including phenoxy) is 1. The number of halogens is 3. The van der Waals surface area contributed by atoms with Crippen LogP contribution in [0.25, 0.3) is 0 Å². The fourth-order valence-electron chi connectivity index (χ4n) is 2.95. The second kappa shape index (κ2) is 8.44. The van der Waals surface area contributed by atoms with E-state index in [2.05, 4.69) is 0 Å². The molecule has 1 aliphatic heterocycles. The van der Waals surface area contributed by atoms with E-state index in [1.54, 1.807) is 11.8 Å². The van der Waals surface area contributed by atoms with Crippen LogP contribution in [0.3, 0.4) is 0 Å². The maximum absolute atomic E-state index is 12.5. The highest BCUT2D eigenvalue weighted by atomic mass is 35.5. The molecule has 1 aromatic rings. The lowest BCUT2D eigenvalue weighted by Crippen LogP contribution is -2.49. The normalized spacial score (nSPS) is 17.8. The second-order valence-electron chi connectivity index (χ2n) is 5.36. The van der Waals surface area contributed by atoms with Gasteiger partial charge in [0.1, 0.15) is 0 Å². The summed E-state index contributed by atoms with van der Waals surface area (Å²) in [5.74, 6) is -0.243. The van der Waals surface area contributed by atoms with Gasteiger partial charge in [-0.25, -0.2) is 8.78 Å². The fourth-order valence-corrected chi connectivity index (χ4v) is 2.95. The van der Waals surface area contributed by atoms with Crippen molar-refractivity contribution in [3.63, 3.8) is 0 Å². The van der Waals surface area contributed by atoms with Gasteiger partial charge in [-0.2, -0.15) is 0 Å². The minimum Gasteiger partial charge on any atom is -0.465 e. The molecule has 1 aromatic carbocycles. The smallest absolute Gasteiger partial charge is 0.316 e. The number of rotatable bonds is 5. The molecule has 22 heavy (non-hydrogen) atoms. The van der Waals surface area contributed by atoms with Crippen LogP contribution in [0.2, 0.25) is 0 Å². The molecule has 1 heterocycles. The summed E-state index contributed by atoms with van der Waals surface area (Å²) in [7, 11) is 0. The molecule has 0 radical (unpaired) electrons. The van der Waals surface area contributed by atoms with Crippen molar-refractivity contribution in [2.45, 2.75) is 31.6 Å². The molecule has 0 aromatic heterocycles. The van der Waals surface area contributed by atoms with E-state index in [-0.39, 0.29) is 24.9 Å². The minimum atomic E-state index is -2.34. The maximum atomic E-state index is 12.5. The van der Waals surface area contributed by atoms with Crippen molar-refractivity contribution in [3.8, 4) is 0 Å². The van der Waals surface area contributed by atoms with Crippen LogP contribution in [0.15, 0.2) is 30.3 Å². The van der Waals surface area contributed by atoms with Crippen LogP contribution in [0.4, 0.5) is 8.78 Å². The molecule has 0 aliphatic carbocycles. The van der Waals surface area contributed by atoms with Gasteiger partial charge >= 0.3 is 5.97 Å². The molecule has 0 atom stereocenters. The summed E-state index contributed by atoms with van der Waals surface area (Å²) in [5, 5.41) is 0. The van der Waals surface area contributed by atoms with Crippen molar-refractivity contribution in [2.75, 3.05) is 26.2 Å². The standard InChI is InChI=1S/C16H21F2NO2.ClH/c1-2-21-15(20)16(13-6-4-3-5-7-13)8-10-19(11-9-16)12-14(17)18;/h3-7,14H,2,8-12H2,1H3;1H. The van der Waals surface area contributed by atoms with Gasteiger partial charge in [0, 0.05) is 0 Å². The number of carbonyl (C=O) groups excluding carboxylic acids is 1. The van der Waals surface area contributed by atoms with Crippen molar-refractivity contribution in [2.24, 2.45) is 0 Å². The summed E-state index contributed by atoms with van der Waals surface area (Å²) in [6, 6.07) is 9.51. The van der Waals surface area contributed by atoms with E-state index in [9.17, 15) is 13.6 Å². The molecular weight excluding hydrogens is 312 g/mol. The van der Waals surface area contributed by atoms with Crippen LogP contribution in [0, 0.1) is 0 Å². The van der Waals surface area contributed by atoms with E-state index >= 15 is 0 Å². The number of esters is 1. The third-order valence-corrected chi connectivity index (χ3v) is 4.10. The Hall–Kier alpha value is -1.20. The third kappa shape index (κ3) is 4.17. The molecule has 1 saturated heterocycles. The number of alkyl halides is 2. The number of nitrogens with zero attached hydrogens (tertiary/aromatic N) is 1. The molecule has 2 rings (SSSR count). The fraction of sp³-hybridized carbons (Fsp3) is 0.562. The van der Waals surface area contributed by atoms with Gasteiger partial charge in [-0.3, -0.25) is 9.69 Å². The third-order valence-electron chi connectivity index (χ3n) is 4.10. The molecule has 0 N–H and O–H groups in total. The molecule has 0 unspecified atom stereocenters. The van der Waals surface area contributed by atoms with Gasteiger partial charge in [0.15, 0.2) is 0 Å². The first kappa shape index (κ1) is 18.8. The van der Waals surface area contributed by atoms with Crippen LogP contribution in [0.1, 0.15) is 25.3 Å². The number of hydrogen-bond acceptors (Lipinski definition) is 3. The van der Waals surface area contributed by atoms with Gasteiger partial charge in [-0.05, 0) is 38.4 Å². The van der Waals surface area contributed by atoms with Gasteiger partial charge < -0.3 is 4.74 Å². The molecule has 0 amide bonds. The zero-order chi connectivity index (χ0) is 15.3. The first-order valence-corrected chi connectivity index (χ1v) is 7.32. The summed E-state index contributed by atoms with van der Waals surface area (Å²) in [5.41, 5.74) is 0.218. The Morgan fingerprint density at radius 2 is 1.86 bits per heavy atom. The van der Waals surface area contributed by atoms with Crippen LogP contribution < -0.4 is 0 Å². The Balaban J connectivity index is 0.00000242. The Kier molecular flexibility index (Phi) is 7.23. The number of piperidine rings is 1. The molecule has 0 saturated carbocycles. The van der Waals surface area contributed by atoms with Gasteiger partial charge in [-0.15, -0.1) is 12.4 Å². The van der Waals surface area contributed by atoms with Crippen molar-refractivity contribution in [1.82, 2.24) is 4.90 Å². The average molecular weight is 334 g/mol. The molecule has 0 bridgehead atoms. The lowest BCUT2D eigenvalue weighted by molar-refractivity contribution is -0.152. The second-order valence-corrected chi connectivity index (χ2v) is 5.36. The van der Waals surface area contributed by atoms with Crippen molar-refractivity contribution >= 4 is 18.4 Å². The van der Waals surface area contributed by atoms with Crippen LogP contribution >= 0.6 is 12.4 Å². The largest absolute Gasteiger partial charge is 0.465 e. The highest BCUT2D eigenvalue weighted by Gasteiger charge is 2.44.